The van der Waals surface area contributed by atoms with Gasteiger partial charge in [-0.15, -0.1) is 0 Å². The molecule has 0 spiro atoms. The molecule has 0 radical (unpaired) electrons. The quantitative estimate of drug-likeness (QED) is 0.578. The molecule has 1 atom stereocenters. The molecule has 2 rings (SSSR count). The van der Waals surface area contributed by atoms with Crippen LogP contribution in [0.3, 0.4) is 0 Å². The molecule has 1 aliphatic heterocycles. The molecule has 3 nitrogen and oxygen atoms in total. The normalized spacial score (nSPS) is 34.2. The lowest BCUT2D eigenvalue weighted by Crippen LogP contribution is -2.30. The van der Waals surface area contributed by atoms with Crippen LogP contribution in [0.25, 0.3) is 0 Å². The lowest BCUT2D eigenvalue weighted by Gasteiger charge is -2.22. The van der Waals surface area contributed by atoms with Crippen molar-refractivity contribution in [1.82, 2.24) is 0 Å². The molecule has 1 saturated carbocycles. The highest BCUT2D eigenvalue weighted by Gasteiger charge is 2.44. The topological polar surface area (TPSA) is 46.5 Å². The molecule has 1 unspecified atom stereocenters. The van der Waals surface area contributed by atoms with E-state index >= 15 is 0 Å². The fraction of sp³-hybridized carbons (Fsp3) is 0.700. The van der Waals surface area contributed by atoms with Gasteiger partial charge in [-0.3, -0.25) is 0 Å². The van der Waals surface area contributed by atoms with Crippen molar-refractivity contribution in [3.05, 3.63) is 11.1 Å². The van der Waals surface area contributed by atoms with E-state index in [4.69, 9.17) is 4.74 Å². The van der Waals surface area contributed by atoms with E-state index in [1.165, 1.54) is 0 Å². The monoisotopic (exact) mass is 182 g/mol. The van der Waals surface area contributed by atoms with Gasteiger partial charge in [0.25, 0.3) is 0 Å². The van der Waals surface area contributed by atoms with Gasteiger partial charge in [0.05, 0.1) is 0 Å². The van der Waals surface area contributed by atoms with Crippen molar-refractivity contribution in [2.45, 2.75) is 44.8 Å². The van der Waals surface area contributed by atoms with Crippen LogP contribution in [0, 0.1) is 0 Å². The molecule has 2 aliphatic rings. The molecule has 1 N–H and O–H groups in total. The van der Waals surface area contributed by atoms with Gasteiger partial charge in [0.1, 0.15) is 0 Å². The summed E-state index contributed by atoms with van der Waals surface area (Å²) in [6.45, 7) is 1.74. The van der Waals surface area contributed by atoms with E-state index in [1.54, 1.807) is 6.92 Å². The molecule has 0 aromatic carbocycles. The van der Waals surface area contributed by atoms with E-state index in [2.05, 4.69) is 0 Å². The molecular formula is C10H14O3. The number of esters is 1. The SMILES string of the molecule is CC1=C2CCCCCC2(O)OC1=O. The Morgan fingerprint density at radius 2 is 2.15 bits per heavy atom. The first-order valence-corrected chi connectivity index (χ1v) is 4.79. The Morgan fingerprint density at radius 1 is 1.38 bits per heavy atom. The summed E-state index contributed by atoms with van der Waals surface area (Å²) in [6, 6.07) is 0. The summed E-state index contributed by atoms with van der Waals surface area (Å²) >= 11 is 0. The van der Waals surface area contributed by atoms with Crippen molar-refractivity contribution >= 4 is 5.97 Å². The van der Waals surface area contributed by atoms with Gasteiger partial charge in [0.15, 0.2) is 0 Å². The molecule has 1 fully saturated rings. The molecule has 0 saturated heterocycles. The van der Waals surface area contributed by atoms with E-state index in [1.807, 2.05) is 0 Å². The molecule has 0 aromatic rings. The summed E-state index contributed by atoms with van der Waals surface area (Å²) in [5, 5.41) is 10.0. The van der Waals surface area contributed by atoms with Gasteiger partial charge in [-0.1, -0.05) is 6.42 Å². The number of hydrogen-bond acceptors (Lipinski definition) is 3. The van der Waals surface area contributed by atoms with Crippen molar-refractivity contribution in [3.8, 4) is 0 Å². The van der Waals surface area contributed by atoms with E-state index < -0.39 is 5.79 Å². The van der Waals surface area contributed by atoms with E-state index in [0.29, 0.717) is 12.0 Å². The molecule has 0 bridgehead atoms. The molecule has 1 heterocycles. The number of hydrogen-bond donors (Lipinski definition) is 1. The van der Waals surface area contributed by atoms with Gasteiger partial charge in [0.2, 0.25) is 5.79 Å². The smallest absolute Gasteiger partial charge is 0.336 e. The zero-order valence-electron chi connectivity index (χ0n) is 7.80. The maximum atomic E-state index is 11.2. The highest BCUT2D eigenvalue weighted by molar-refractivity contribution is 5.92. The van der Waals surface area contributed by atoms with Crippen LogP contribution in [0.15, 0.2) is 11.1 Å². The first kappa shape index (κ1) is 8.75. The standard InChI is InChI=1S/C10H14O3/c1-7-8-5-3-2-4-6-10(8,12)13-9(7)11/h12H,2-6H2,1H3. The maximum absolute atomic E-state index is 11.2. The number of rotatable bonds is 0. The average molecular weight is 182 g/mol. The van der Waals surface area contributed by atoms with Crippen LogP contribution in [0.5, 0.6) is 0 Å². The third kappa shape index (κ3) is 1.27. The van der Waals surface area contributed by atoms with Crippen molar-refractivity contribution in [2.24, 2.45) is 0 Å². The molecular weight excluding hydrogens is 168 g/mol. The van der Waals surface area contributed by atoms with Crippen molar-refractivity contribution < 1.29 is 14.6 Å². The highest BCUT2D eigenvalue weighted by Crippen LogP contribution is 2.40. The molecule has 3 heteroatoms. The summed E-state index contributed by atoms with van der Waals surface area (Å²) in [5.74, 6) is -1.60. The third-order valence-corrected chi connectivity index (χ3v) is 2.93. The summed E-state index contributed by atoms with van der Waals surface area (Å²) < 4.78 is 4.99. The molecule has 0 aromatic heterocycles. The minimum absolute atomic E-state index is 0.348. The van der Waals surface area contributed by atoms with Gasteiger partial charge in [-0.25, -0.2) is 4.79 Å². The van der Waals surface area contributed by atoms with Crippen molar-refractivity contribution in [3.63, 3.8) is 0 Å². The molecule has 13 heavy (non-hydrogen) atoms. The van der Waals surface area contributed by atoms with E-state index in [-0.39, 0.29) is 5.97 Å². The van der Waals surface area contributed by atoms with E-state index in [0.717, 1.165) is 31.3 Å². The Labute approximate surface area is 77.4 Å². The fourth-order valence-electron chi connectivity index (χ4n) is 2.14. The Bertz CT molecular complexity index is 280. The zero-order chi connectivity index (χ0) is 9.47. The number of carbonyl (C=O) groups is 1. The minimum Gasteiger partial charge on any atom is -0.426 e. The summed E-state index contributed by atoms with van der Waals surface area (Å²) in [5.41, 5.74) is 1.43. The Morgan fingerprint density at radius 3 is 2.92 bits per heavy atom. The predicted octanol–water partition coefficient (Wildman–Crippen LogP) is 1.51. The van der Waals surface area contributed by atoms with Crippen LogP contribution in [0.4, 0.5) is 0 Å². The number of aliphatic hydroxyl groups is 1. The molecule has 72 valence electrons. The van der Waals surface area contributed by atoms with Gasteiger partial charge in [-0.2, -0.15) is 0 Å². The van der Waals surface area contributed by atoms with Crippen LogP contribution in [0.2, 0.25) is 0 Å². The van der Waals surface area contributed by atoms with Crippen LogP contribution < -0.4 is 0 Å². The molecule has 1 aliphatic carbocycles. The second-order valence-corrected chi connectivity index (χ2v) is 3.84. The van der Waals surface area contributed by atoms with Gasteiger partial charge in [-0.05, 0) is 26.2 Å². The first-order chi connectivity index (χ1) is 6.13. The van der Waals surface area contributed by atoms with Crippen LogP contribution in [-0.4, -0.2) is 16.9 Å². The molecule has 0 amide bonds. The lowest BCUT2D eigenvalue weighted by atomic mass is 9.99. The minimum atomic E-state index is -1.25. The van der Waals surface area contributed by atoms with Gasteiger partial charge < -0.3 is 9.84 Å². The summed E-state index contributed by atoms with van der Waals surface area (Å²) in [4.78, 5) is 11.2. The van der Waals surface area contributed by atoms with Crippen LogP contribution in [-0.2, 0) is 9.53 Å². The lowest BCUT2D eigenvalue weighted by molar-refractivity contribution is -0.183. The zero-order valence-corrected chi connectivity index (χ0v) is 7.80. The number of ether oxygens (including phenoxy) is 1. The number of fused-ring (bicyclic) bond motifs is 1. The Hall–Kier alpha value is -0.830. The predicted molar refractivity (Wildman–Crippen MR) is 46.8 cm³/mol. The van der Waals surface area contributed by atoms with E-state index in [9.17, 15) is 9.90 Å². The maximum Gasteiger partial charge on any atom is 0.336 e. The Balaban J connectivity index is 2.37. The Kier molecular flexibility index (Phi) is 1.91. The second kappa shape index (κ2) is 2.84. The van der Waals surface area contributed by atoms with Gasteiger partial charge >= 0.3 is 5.97 Å². The van der Waals surface area contributed by atoms with Crippen LogP contribution >= 0.6 is 0 Å². The van der Waals surface area contributed by atoms with Crippen molar-refractivity contribution in [2.75, 3.05) is 0 Å². The largest absolute Gasteiger partial charge is 0.426 e. The highest BCUT2D eigenvalue weighted by atomic mass is 16.7. The summed E-state index contributed by atoms with van der Waals surface area (Å²) in [7, 11) is 0. The summed E-state index contributed by atoms with van der Waals surface area (Å²) in [6.07, 6.45) is 4.45. The first-order valence-electron chi connectivity index (χ1n) is 4.79. The number of carbonyl (C=O) groups excluding carboxylic acids is 1. The third-order valence-electron chi connectivity index (χ3n) is 2.93. The average Bonchev–Trinajstić information content (AvgIpc) is 2.26. The van der Waals surface area contributed by atoms with Crippen molar-refractivity contribution in [1.29, 1.82) is 0 Å². The van der Waals surface area contributed by atoms with Crippen LogP contribution in [0.1, 0.15) is 39.0 Å². The second-order valence-electron chi connectivity index (χ2n) is 3.84. The fourth-order valence-corrected chi connectivity index (χ4v) is 2.14. The van der Waals surface area contributed by atoms with Gasteiger partial charge in [0, 0.05) is 17.6 Å².